The number of aliphatic carboxylic acids is 1. The second-order valence-electron chi connectivity index (χ2n) is 7.25. The number of carbonyl (C=O) groups is 1. The van der Waals surface area contributed by atoms with Crippen molar-refractivity contribution in [2.24, 2.45) is 0 Å². The summed E-state index contributed by atoms with van der Waals surface area (Å²) in [5.74, 6) is -0.664. The van der Waals surface area contributed by atoms with E-state index >= 15 is 0 Å². The lowest BCUT2D eigenvalue weighted by Gasteiger charge is -2.37. The van der Waals surface area contributed by atoms with Crippen LogP contribution in [-0.4, -0.2) is 46.8 Å². The van der Waals surface area contributed by atoms with E-state index in [1.54, 1.807) is 0 Å². The number of carboxylic acids is 1. The molecule has 0 aromatic heterocycles. The quantitative estimate of drug-likeness (QED) is 0.846. The molecule has 2 unspecified atom stereocenters. The topological polar surface area (TPSA) is 49.8 Å². The lowest BCUT2D eigenvalue weighted by atomic mass is 9.96. The predicted octanol–water partition coefficient (Wildman–Crippen LogP) is 3.20. The molecular formula is C17H29NO3. The van der Waals surface area contributed by atoms with E-state index in [0.717, 1.165) is 25.9 Å². The molecule has 1 aliphatic carbocycles. The second-order valence-corrected chi connectivity index (χ2v) is 7.25. The summed E-state index contributed by atoms with van der Waals surface area (Å²) in [5, 5.41) is 8.91. The molecule has 3 aliphatic rings. The van der Waals surface area contributed by atoms with E-state index in [9.17, 15) is 4.79 Å². The molecule has 3 rings (SSSR count). The highest BCUT2D eigenvalue weighted by Crippen LogP contribution is 2.43. The first kappa shape index (κ1) is 15.3. The normalized spacial score (nSPS) is 32.8. The van der Waals surface area contributed by atoms with Gasteiger partial charge in [-0.15, -0.1) is 0 Å². The summed E-state index contributed by atoms with van der Waals surface area (Å²) in [6.45, 7) is 2.14. The van der Waals surface area contributed by atoms with Gasteiger partial charge in [0.15, 0.2) is 0 Å². The third-order valence-corrected chi connectivity index (χ3v) is 5.73. The molecule has 2 aliphatic heterocycles. The Balaban J connectivity index is 1.51. The van der Waals surface area contributed by atoms with Crippen LogP contribution in [0.15, 0.2) is 0 Å². The molecule has 120 valence electrons. The Kier molecular flexibility index (Phi) is 4.85. The van der Waals surface area contributed by atoms with E-state index < -0.39 is 5.97 Å². The molecule has 1 spiro atoms. The monoisotopic (exact) mass is 295 g/mol. The molecular weight excluding hydrogens is 266 g/mol. The summed E-state index contributed by atoms with van der Waals surface area (Å²) in [4.78, 5) is 13.3. The molecule has 1 saturated carbocycles. The molecule has 4 nitrogen and oxygen atoms in total. The van der Waals surface area contributed by atoms with Crippen molar-refractivity contribution in [3.8, 4) is 0 Å². The fraction of sp³-hybridized carbons (Fsp3) is 0.941. The highest BCUT2D eigenvalue weighted by Gasteiger charge is 2.42. The van der Waals surface area contributed by atoms with Crippen LogP contribution >= 0.6 is 0 Å². The molecule has 21 heavy (non-hydrogen) atoms. The number of rotatable bonds is 5. The van der Waals surface area contributed by atoms with Crippen molar-refractivity contribution in [3.63, 3.8) is 0 Å². The van der Waals surface area contributed by atoms with Gasteiger partial charge in [0.25, 0.3) is 0 Å². The predicted molar refractivity (Wildman–Crippen MR) is 81.4 cm³/mol. The Labute approximate surface area is 127 Å². The molecule has 0 bridgehead atoms. The molecule has 4 heteroatoms. The maximum absolute atomic E-state index is 10.8. The summed E-state index contributed by atoms with van der Waals surface area (Å²) >= 11 is 0. The van der Waals surface area contributed by atoms with Crippen molar-refractivity contribution >= 4 is 5.97 Å². The molecule has 1 N–H and O–H groups in total. The third-order valence-electron chi connectivity index (χ3n) is 5.73. The zero-order chi connectivity index (χ0) is 14.7. The highest BCUT2D eigenvalue weighted by molar-refractivity contribution is 5.66. The molecule has 2 saturated heterocycles. The molecule has 0 aromatic rings. The zero-order valence-electron chi connectivity index (χ0n) is 13.1. The van der Waals surface area contributed by atoms with Crippen molar-refractivity contribution in [2.45, 2.75) is 88.4 Å². The Morgan fingerprint density at radius 2 is 1.95 bits per heavy atom. The van der Waals surface area contributed by atoms with Gasteiger partial charge in [-0.25, -0.2) is 0 Å². The molecule has 0 amide bonds. The summed E-state index contributed by atoms with van der Waals surface area (Å²) < 4.78 is 6.43. The summed E-state index contributed by atoms with van der Waals surface area (Å²) in [6, 6.07) is 0.457. The van der Waals surface area contributed by atoms with E-state index in [2.05, 4.69) is 4.90 Å². The SMILES string of the molecule is O=C(O)CCC1CCCCN1CC1CCC2(CCCC2)O1. The van der Waals surface area contributed by atoms with Crippen molar-refractivity contribution in [3.05, 3.63) is 0 Å². The van der Waals surface area contributed by atoms with Crippen LogP contribution in [0.2, 0.25) is 0 Å². The van der Waals surface area contributed by atoms with Gasteiger partial charge >= 0.3 is 5.97 Å². The van der Waals surface area contributed by atoms with Gasteiger partial charge in [0.2, 0.25) is 0 Å². The zero-order valence-corrected chi connectivity index (χ0v) is 13.1. The van der Waals surface area contributed by atoms with Crippen LogP contribution < -0.4 is 0 Å². The van der Waals surface area contributed by atoms with Gasteiger partial charge in [-0.05, 0) is 51.5 Å². The number of ether oxygens (including phenoxy) is 1. The molecule has 2 heterocycles. The van der Waals surface area contributed by atoms with Crippen molar-refractivity contribution in [1.29, 1.82) is 0 Å². The van der Waals surface area contributed by atoms with Gasteiger partial charge < -0.3 is 9.84 Å². The minimum Gasteiger partial charge on any atom is -0.481 e. The Morgan fingerprint density at radius 1 is 1.14 bits per heavy atom. The Morgan fingerprint density at radius 3 is 2.71 bits per heavy atom. The van der Waals surface area contributed by atoms with Gasteiger partial charge in [0.1, 0.15) is 0 Å². The Bertz CT molecular complexity index is 365. The van der Waals surface area contributed by atoms with E-state index in [1.807, 2.05) is 0 Å². The fourth-order valence-electron chi connectivity index (χ4n) is 4.59. The smallest absolute Gasteiger partial charge is 0.303 e. The van der Waals surface area contributed by atoms with Gasteiger partial charge in [-0.3, -0.25) is 9.69 Å². The number of hydrogen-bond donors (Lipinski definition) is 1. The maximum Gasteiger partial charge on any atom is 0.303 e. The van der Waals surface area contributed by atoms with Crippen LogP contribution in [0.4, 0.5) is 0 Å². The van der Waals surface area contributed by atoms with E-state index in [1.165, 1.54) is 51.4 Å². The lowest BCUT2D eigenvalue weighted by molar-refractivity contribution is -0.137. The molecule has 3 fully saturated rings. The van der Waals surface area contributed by atoms with E-state index in [-0.39, 0.29) is 5.60 Å². The highest BCUT2D eigenvalue weighted by atomic mass is 16.5. The molecule has 0 radical (unpaired) electrons. The first-order valence-corrected chi connectivity index (χ1v) is 8.81. The van der Waals surface area contributed by atoms with Crippen LogP contribution in [-0.2, 0) is 9.53 Å². The summed E-state index contributed by atoms with van der Waals surface area (Å²) in [7, 11) is 0. The van der Waals surface area contributed by atoms with E-state index in [0.29, 0.717) is 18.6 Å². The van der Waals surface area contributed by atoms with Crippen molar-refractivity contribution in [2.75, 3.05) is 13.1 Å². The van der Waals surface area contributed by atoms with Crippen LogP contribution in [0.5, 0.6) is 0 Å². The maximum atomic E-state index is 10.8. The molecule has 2 atom stereocenters. The van der Waals surface area contributed by atoms with E-state index in [4.69, 9.17) is 9.84 Å². The van der Waals surface area contributed by atoms with Crippen LogP contribution in [0.25, 0.3) is 0 Å². The van der Waals surface area contributed by atoms with Gasteiger partial charge in [0.05, 0.1) is 11.7 Å². The van der Waals surface area contributed by atoms with Gasteiger partial charge in [-0.1, -0.05) is 19.3 Å². The number of piperidine rings is 1. The van der Waals surface area contributed by atoms with Crippen molar-refractivity contribution < 1.29 is 14.6 Å². The Hall–Kier alpha value is -0.610. The minimum atomic E-state index is -0.664. The summed E-state index contributed by atoms with van der Waals surface area (Å²) in [5.41, 5.74) is 0.219. The first-order chi connectivity index (χ1) is 10.2. The number of hydrogen-bond acceptors (Lipinski definition) is 3. The minimum absolute atomic E-state index is 0.219. The van der Waals surface area contributed by atoms with Crippen LogP contribution in [0, 0.1) is 0 Å². The van der Waals surface area contributed by atoms with Crippen LogP contribution in [0.3, 0.4) is 0 Å². The number of nitrogens with zero attached hydrogens (tertiary/aromatic N) is 1. The number of likely N-dealkylation sites (tertiary alicyclic amines) is 1. The lowest BCUT2D eigenvalue weighted by Crippen LogP contribution is -2.44. The standard InChI is InChI=1S/C17H29NO3/c19-16(20)7-6-14-5-1-4-12-18(14)13-15-8-11-17(21-15)9-2-3-10-17/h14-15H,1-13H2,(H,19,20). The van der Waals surface area contributed by atoms with Crippen LogP contribution in [0.1, 0.15) is 70.6 Å². The average molecular weight is 295 g/mol. The fourth-order valence-corrected chi connectivity index (χ4v) is 4.59. The third kappa shape index (κ3) is 3.78. The number of carboxylic acid groups (broad SMARTS) is 1. The average Bonchev–Trinajstić information content (AvgIpc) is 3.09. The largest absolute Gasteiger partial charge is 0.481 e. The summed E-state index contributed by atoms with van der Waals surface area (Å²) in [6.07, 6.45) is 12.8. The second kappa shape index (κ2) is 6.66. The van der Waals surface area contributed by atoms with Crippen molar-refractivity contribution in [1.82, 2.24) is 4.90 Å². The molecule has 0 aromatic carbocycles. The first-order valence-electron chi connectivity index (χ1n) is 8.81. The van der Waals surface area contributed by atoms with Gasteiger partial charge in [-0.2, -0.15) is 0 Å². The van der Waals surface area contributed by atoms with Gasteiger partial charge in [0, 0.05) is 19.0 Å².